The Morgan fingerprint density at radius 3 is 2.30 bits per heavy atom. The normalized spacial score (nSPS) is 11.3. The van der Waals surface area contributed by atoms with Gasteiger partial charge in [-0.1, -0.05) is 19.1 Å². The minimum Gasteiger partial charge on any atom is -0.322 e. The Bertz CT molecular complexity index is 812. The maximum Gasteiger partial charge on any atom is 0.255 e. The highest BCUT2D eigenvalue weighted by molar-refractivity contribution is 7.89. The highest BCUT2D eigenvalue weighted by Crippen LogP contribution is 2.18. The summed E-state index contributed by atoms with van der Waals surface area (Å²) in [5.41, 5.74) is 3.17. The van der Waals surface area contributed by atoms with Crippen molar-refractivity contribution in [2.75, 3.05) is 11.9 Å². The number of hydrogen-bond donors (Lipinski definition) is 2. The van der Waals surface area contributed by atoms with E-state index >= 15 is 0 Å². The maximum atomic E-state index is 12.3. The lowest BCUT2D eigenvalue weighted by atomic mass is 10.1. The molecule has 122 valence electrons. The van der Waals surface area contributed by atoms with Crippen molar-refractivity contribution in [3.05, 3.63) is 59.2 Å². The third kappa shape index (κ3) is 4.18. The Morgan fingerprint density at radius 2 is 1.70 bits per heavy atom. The van der Waals surface area contributed by atoms with Crippen molar-refractivity contribution in [1.29, 1.82) is 0 Å². The number of sulfonamides is 1. The second-order valence-electron chi connectivity index (χ2n) is 5.30. The molecule has 0 saturated carbocycles. The van der Waals surface area contributed by atoms with Gasteiger partial charge >= 0.3 is 0 Å². The Balaban J connectivity index is 2.19. The zero-order valence-corrected chi connectivity index (χ0v) is 14.2. The molecule has 2 aromatic rings. The lowest BCUT2D eigenvalue weighted by Crippen LogP contribution is -2.23. The summed E-state index contributed by atoms with van der Waals surface area (Å²) < 4.78 is 26.2. The van der Waals surface area contributed by atoms with Gasteiger partial charge < -0.3 is 5.32 Å². The highest BCUT2D eigenvalue weighted by Gasteiger charge is 2.14. The van der Waals surface area contributed by atoms with Gasteiger partial charge in [0.2, 0.25) is 10.0 Å². The van der Waals surface area contributed by atoms with E-state index in [0.717, 1.165) is 16.8 Å². The van der Waals surface area contributed by atoms with Crippen LogP contribution in [0.15, 0.2) is 47.4 Å². The van der Waals surface area contributed by atoms with Crippen molar-refractivity contribution in [2.24, 2.45) is 0 Å². The van der Waals surface area contributed by atoms with Crippen LogP contribution in [-0.4, -0.2) is 20.9 Å². The van der Waals surface area contributed by atoms with E-state index in [0.29, 0.717) is 12.1 Å². The number of aryl methyl sites for hydroxylation is 2. The molecule has 0 aliphatic rings. The van der Waals surface area contributed by atoms with Crippen molar-refractivity contribution >= 4 is 21.6 Å². The minimum absolute atomic E-state index is 0.141. The van der Waals surface area contributed by atoms with Crippen molar-refractivity contribution in [3.63, 3.8) is 0 Å². The molecular formula is C17H20N2O3S. The van der Waals surface area contributed by atoms with E-state index < -0.39 is 10.0 Å². The van der Waals surface area contributed by atoms with Gasteiger partial charge in [0.25, 0.3) is 5.91 Å². The molecule has 0 spiro atoms. The number of carbonyl (C=O) groups is 1. The Hall–Kier alpha value is -2.18. The third-order valence-electron chi connectivity index (χ3n) is 3.40. The predicted octanol–water partition coefficient (Wildman–Crippen LogP) is 2.85. The van der Waals surface area contributed by atoms with Gasteiger partial charge in [0, 0.05) is 17.8 Å². The molecule has 5 nitrogen and oxygen atoms in total. The first kappa shape index (κ1) is 17.2. The Morgan fingerprint density at radius 1 is 1.04 bits per heavy atom. The summed E-state index contributed by atoms with van der Waals surface area (Å²) in [5.74, 6) is -0.272. The summed E-state index contributed by atoms with van der Waals surface area (Å²) in [7, 11) is -3.51. The minimum atomic E-state index is -3.51. The predicted molar refractivity (Wildman–Crippen MR) is 91.2 cm³/mol. The standard InChI is InChI=1S/C17H20N2O3S/c1-4-18-23(21,22)15-9-7-14(8-10-15)17(20)19-16-11-12(2)5-6-13(16)3/h5-11,18H,4H2,1-3H3,(H,19,20). The SMILES string of the molecule is CCNS(=O)(=O)c1ccc(C(=O)Nc2cc(C)ccc2C)cc1. The van der Waals surface area contributed by atoms with Gasteiger partial charge in [-0.25, -0.2) is 13.1 Å². The molecule has 23 heavy (non-hydrogen) atoms. The van der Waals surface area contributed by atoms with Crippen molar-refractivity contribution in [1.82, 2.24) is 4.72 Å². The zero-order chi connectivity index (χ0) is 17.0. The number of rotatable bonds is 5. The van der Waals surface area contributed by atoms with Gasteiger partial charge in [-0.15, -0.1) is 0 Å². The van der Waals surface area contributed by atoms with Crippen LogP contribution in [0.3, 0.4) is 0 Å². The van der Waals surface area contributed by atoms with Crippen LogP contribution in [-0.2, 0) is 10.0 Å². The first-order valence-corrected chi connectivity index (χ1v) is 8.80. The highest BCUT2D eigenvalue weighted by atomic mass is 32.2. The average molecular weight is 332 g/mol. The fourth-order valence-corrected chi connectivity index (χ4v) is 3.16. The van der Waals surface area contributed by atoms with Crippen LogP contribution in [0.1, 0.15) is 28.4 Å². The molecular weight excluding hydrogens is 312 g/mol. The van der Waals surface area contributed by atoms with E-state index in [9.17, 15) is 13.2 Å². The third-order valence-corrected chi connectivity index (χ3v) is 4.96. The van der Waals surface area contributed by atoms with Crippen LogP contribution in [0, 0.1) is 13.8 Å². The van der Waals surface area contributed by atoms with Gasteiger partial charge in [-0.2, -0.15) is 0 Å². The van der Waals surface area contributed by atoms with Gasteiger partial charge in [0.05, 0.1) is 4.90 Å². The molecule has 0 aliphatic heterocycles. The van der Waals surface area contributed by atoms with Gasteiger partial charge in [-0.05, 0) is 55.3 Å². The first-order chi connectivity index (χ1) is 10.8. The summed E-state index contributed by atoms with van der Waals surface area (Å²) >= 11 is 0. The molecule has 0 bridgehead atoms. The molecule has 2 N–H and O–H groups in total. The smallest absolute Gasteiger partial charge is 0.255 e. The van der Waals surface area contributed by atoms with E-state index in [1.165, 1.54) is 24.3 Å². The zero-order valence-electron chi connectivity index (χ0n) is 13.4. The monoisotopic (exact) mass is 332 g/mol. The molecule has 2 rings (SSSR count). The number of hydrogen-bond acceptors (Lipinski definition) is 3. The fourth-order valence-electron chi connectivity index (χ4n) is 2.12. The van der Waals surface area contributed by atoms with E-state index in [2.05, 4.69) is 10.0 Å². The van der Waals surface area contributed by atoms with Crippen LogP contribution in [0.25, 0.3) is 0 Å². The topological polar surface area (TPSA) is 75.3 Å². The average Bonchev–Trinajstić information content (AvgIpc) is 2.51. The molecule has 0 fully saturated rings. The van der Waals surface area contributed by atoms with Gasteiger partial charge in [0.1, 0.15) is 0 Å². The van der Waals surface area contributed by atoms with Gasteiger partial charge in [0.15, 0.2) is 0 Å². The van der Waals surface area contributed by atoms with E-state index in [1.807, 2.05) is 32.0 Å². The van der Waals surface area contributed by atoms with Crippen LogP contribution in [0.5, 0.6) is 0 Å². The molecule has 0 radical (unpaired) electrons. The van der Waals surface area contributed by atoms with Crippen LogP contribution < -0.4 is 10.0 Å². The lowest BCUT2D eigenvalue weighted by molar-refractivity contribution is 0.102. The van der Waals surface area contributed by atoms with Crippen molar-refractivity contribution in [3.8, 4) is 0 Å². The molecule has 0 unspecified atom stereocenters. The van der Waals surface area contributed by atoms with Crippen LogP contribution in [0.2, 0.25) is 0 Å². The molecule has 0 saturated heterocycles. The Kier molecular flexibility index (Phi) is 5.18. The summed E-state index contributed by atoms with van der Waals surface area (Å²) in [6, 6.07) is 11.7. The first-order valence-electron chi connectivity index (χ1n) is 7.32. The summed E-state index contributed by atoms with van der Waals surface area (Å²) in [6.45, 7) is 5.90. The molecule has 0 heterocycles. The molecule has 0 aliphatic carbocycles. The molecule has 2 aromatic carbocycles. The van der Waals surface area contributed by atoms with E-state index in [-0.39, 0.29) is 10.8 Å². The van der Waals surface area contributed by atoms with E-state index in [1.54, 1.807) is 6.92 Å². The summed E-state index contributed by atoms with van der Waals surface area (Å²) in [5, 5.41) is 2.85. The summed E-state index contributed by atoms with van der Waals surface area (Å²) in [6.07, 6.45) is 0. The largest absolute Gasteiger partial charge is 0.322 e. The Labute approximate surface area is 136 Å². The number of nitrogens with one attached hydrogen (secondary N) is 2. The molecule has 6 heteroatoms. The molecule has 1 amide bonds. The van der Waals surface area contributed by atoms with Gasteiger partial charge in [-0.3, -0.25) is 4.79 Å². The molecule has 0 atom stereocenters. The maximum absolute atomic E-state index is 12.3. The number of anilines is 1. The number of carbonyl (C=O) groups excluding carboxylic acids is 1. The summed E-state index contributed by atoms with van der Waals surface area (Å²) in [4.78, 5) is 12.4. The second-order valence-corrected chi connectivity index (χ2v) is 7.07. The number of amides is 1. The molecule has 0 aromatic heterocycles. The van der Waals surface area contributed by atoms with E-state index in [4.69, 9.17) is 0 Å². The van der Waals surface area contributed by atoms with Crippen molar-refractivity contribution < 1.29 is 13.2 Å². The fraction of sp³-hybridized carbons (Fsp3) is 0.235. The number of benzene rings is 2. The quantitative estimate of drug-likeness (QED) is 0.884. The van der Waals surface area contributed by atoms with Crippen LogP contribution in [0.4, 0.5) is 5.69 Å². The second kappa shape index (κ2) is 6.93. The van der Waals surface area contributed by atoms with Crippen LogP contribution >= 0.6 is 0 Å². The lowest BCUT2D eigenvalue weighted by Gasteiger charge is -2.10. The van der Waals surface area contributed by atoms with Crippen molar-refractivity contribution in [2.45, 2.75) is 25.7 Å².